The van der Waals surface area contributed by atoms with Gasteiger partial charge in [-0.15, -0.1) is 0 Å². The number of rotatable bonds is 4. The van der Waals surface area contributed by atoms with Gasteiger partial charge >= 0.3 is 0 Å². The Bertz CT molecular complexity index is 583. The van der Waals surface area contributed by atoms with E-state index in [2.05, 4.69) is 14.8 Å². The monoisotopic (exact) mass is 301 g/mol. The molecular weight excluding hydrogens is 281 g/mol. The van der Waals surface area contributed by atoms with Crippen LogP contribution < -0.4 is 4.90 Å². The van der Waals surface area contributed by atoms with Crippen LogP contribution in [0.4, 0.5) is 10.2 Å². The number of β-amino-alcohol motifs (C(OH)–C–C–N with tert-alkyl or cyclic N) is 1. The molecule has 1 aromatic heterocycles. The minimum atomic E-state index is -0.581. The first-order valence-electron chi connectivity index (χ1n) is 7.54. The number of pyridine rings is 1. The van der Waals surface area contributed by atoms with Crippen molar-refractivity contribution in [1.82, 2.24) is 9.88 Å². The Morgan fingerprint density at radius 3 is 2.41 bits per heavy atom. The van der Waals surface area contributed by atoms with Gasteiger partial charge in [0.15, 0.2) is 0 Å². The lowest BCUT2D eigenvalue weighted by Gasteiger charge is -2.36. The fraction of sp³-hybridized carbons (Fsp3) is 0.353. The minimum Gasteiger partial charge on any atom is -0.387 e. The van der Waals surface area contributed by atoms with Crippen LogP contribution in [0.15, 0.2) is 48.7 Å². The second-order valence-electron chi connectivity index (χ2n) is 5.54. The van der Waals surface area contributed by atoms with E-state index in [1.807, 2.05) is 18.2 Å². The summed E-state index contributed by atoms with van der Waals surface area (Å²) in [6.07, 6.45) is 1.22. The van der Waals surface area contributed by atoms with Crippen molar-refractivity contribution >= 4 is 5.82 Å². The van der Waals surface area contributed by atoms with Crippen LogP contribution in [-0.2, 0) is 0 Å². The summed E-state index contributed by atoms with van der Waals surface area (Å²) in [5, 5.41) is 10.3. The van der Waals surface area contributed by atoms with Crippen LogP contribution in [-0.4, -0.2) is 47.7 Å². The average Bonchev–Trinajstić information content (AvgIpc) is 2.57. The molecule has 0 spiro atoms. The van der Waals surface area contributed by atoms with Crippen molar-refractivity contribution in [2.24, 2.45) is 0 Å². The SMILES string of the molecule is O[C@H](CN1CCN(c2ccccn2)CC1)c1ccc(F)cc1. The molecule has 0 bridgehead atoms. The first-order chi connectivity index (χ1) is 10.7. The lowest BCUT2D eigenvalue weighted by molar-refractivity contribution is 0.109. The summed E-state index contributed by atoms with van der Waals surface area (Å²) in [6.45, 7) is 4.13. The van der Waals surface area contributed by atoms with Crippen LogP contribution in [0.1, 0.15) is 11.7 Å². The molecule has 1 atom stereocenters. The molecule has 2 heterocycles. The molecule has 116 valence electrons. The summed E-state index contributed by atoms with van der Waals surface area (Å²) in [5.41, 5.74) is 0.758. The highest BCUT2D eigenvalue weighted by Crippen LogP contribution is 2.17. The van der Waals surface area contributed by atoms with Gasteiger partial charge in [0.25, 0.3) is 0 Å². The first kappa shape index (κ1) is 14.9. The third-order valence-corrected chi connectivity index (χ3v) is 4.03. The van der Waals surface area contributed by atoms with Crippen molar-refractivity contribution in [2.45, 2.75) is 6.10 Å². The summed E-state index contributed by atoms with van der Waals surface area (Å²) < 4.78 is 12.9. The molecule has 1 fully saturated rings. The number of anilines is 1. The Hall–Kier alpha value is -1.98. The van der Waals surface area contributed by atoms with E-state index < -0.39 is 6.10 Å². The normalized spacial score (nSPS) is 17.5. The van der Waals surface area contributed by atoms with Gasteiger partial charge in [0.1, 0.15) is 11.6 Å². The molecule has 1 aliphatic rings. The smallest absolute Gasteiger partial charge is 0.128 e. The molecule has 0 unspecified atom stereocenters. The molecule has 5 heteroatoms. The van der Waals surface area contributed by atoms with Crippen LogP contribution >= 0.6 is 0 Å². The zero-order chi connectivity index (χ0) is 15.4. The molecule has 0 aliphatic carbocycles. The summed E-state index contributed by atoms with van der Waals surface area (Å²) in [7, 11) is 0. The predicted molar refractivity (Wildman–Crippen MR) is 84.2 cm³/mol. The number of nitrogens with zero attached hydrogens (tertiary/aromatic N) is 3. The molecule has 0 amide bonds. The van der Waals surface area contributed by atoms with E-state index in [0.29, 0.717) is 6.54 Å². The minimum absolute atomic E-state index is 0.278. The van der Waals surface area contributed by atoms with E-state index in [-0.39, 0.29) is 5.82 Å². The van der Waals surface area contributed by atoms with Gasteiger partial charge in [-0.3, -0.25) is 4.90 Å². The Balaban J connectivity index is 1.52. The maximum atomic E-state index is 12.9. The van der Waals surface area contributed by atoms with Crippen LogP contribution in [0.5, 0.6) is 0 Å². The average molecular weight is 301 g/mol. The molecular formula is C17H20FN3O. The van der Waals surface area contributed by atoms with Gasteiger partial charge in [-0.25, -0.2) is 9.37 Å². The van der Waals surface area contributed by atoms with E-state index >= 15 is 0 Å². The summed E-state index contributed by atoms with van der Waals surface area (Å²) >= 11 is 0. The number of halogens is 1. The second-order valence-corrected chi connectivity index (χ2v) is 5.54. The number of aliphatic hydroxyl groups is 1. The predicted octanol–water partition coefficient (Wildman–Crippen LogP) is 2.08. The highest BCUT2D eigenvalue weighted by molar-refractivity contribution is 5.38. The molecule has 2 aromatic rings. The van der Waals surface area contributed by atoms with Crippen molar-refractivity contribution in [1.29, 1.82) is 0 Å². The first-order valence-corrected chi connectivity index (χ1v) is 7.54. The van der Waals surface area contributed by atoms with Crippen molar-refractivity contribution in [2.75, 3.05) is 37.6 Å². The van der Waals surface area contributed by atoms with E-state index in [9.17, 15) is 9.50 Å². The van der Waals surface area contributed by atoms with E-state index in [0.717, 1.165) is 37.6 Å². The van der Waals surface area contributed by atoms with Crippen LogP contribution in [0, 0.1) is 5.82 Å². The number of piperazine rings is 1. The van der Waals surface area contributed by atoms with Crippen LogP contribution in [0.25, 0.3) is 0 Å². The number of hydrogen-bond donors (Lipinski definition) is 1. The topological polar surface area (TPSA) is 39.6 Å². The fourth-order valence-corrected chi connectivity index (χ4v) is 2.74. The largest absolute Gasteiger partial charge is 0.387 e. The number of aromatic nitrogens is 1. The van der Waals surface area contributed by atoms with E-state index in [4.69, 9.17) is 0 Å². The Kier molecular flexibility index (Phi) is 4.65. The number of hydrogen-bond acceptors (Lipinski definition) is 4. The zero-order valence-corrected chi connectivity index (χ0v) is 12.4. The molecule has 1 N–H and O–H groups in total. The van der Waals surface area contributed by atoms with Gasteiger partial charge < -0.3 is 10.0 Å². The van der Waals surface area contributed by atoms with Crippen molar-refractivity contribution in [3.8, 4) is 0 Å². The van der Waals surface area contributed by atoms with Gasteiger partial charge in [-0.05, 0) is 29.8 Å². The fourth-order valence-electron chi connectivity index (χ4n) is 2.74. The van der Waals surface area contributed by atoms with Crippen molar-refractivity contribution in [3.05, 3.63) is 60.0 Å². The van der Waals surface area contributed by atoms with Crippen molar-refractivity contribution < 1.29 is 9.50 Å². The van der Waals surface area contributed by atoms with Gasteiger partial charge in [0.2, 0.25) is 0 Å². The maximum Gasteiger partial charge on any atom is 0.128 e. The summed E-state index contributed by atoms with van der Waals surface area (Å²) in [5.74, 6) is 0.723. The number of benzene rings is 1. The third kappa shape index (κ3) is 3.61. The molecule has 1 aromatic carbocycles. The molecule has 3 rings (SSSR count). The Morgan fingerprint density at radius 2 is 1.77 bits per heavy atom. The molecule has 1 saturated heterocycles. The van der Waals surface area contributed by atoms with E-state index in [1.165, 1.54) is 12.1 Å². The highest BCUT2D eigenvalue weighted by atomic mass is 19.1. The summed E-state index contributed by atoms with van der Waals surface area (Å²) in [4.78, 5) is 8.85. The molecule has 4 nitrogen and oxygen atoms in total. The van der Waals surface area contributed by atoms with E-state index in [1.54, 1.807) is 18.3 Å². The van der Waals surface area contributed by atoms with Crippen molar-refractivity contribution in [3.63, 3.8) is 0 Å². The standard InChI is InChI=1S/C17H20FN3O/c18-15-6-4-14(5-7-15)16(22)13-20-9-11-21(12-10-20)17-3-1-2-8-19-17/h1-8,16,22H,9-13H2/t16-/m1/s1. The van der Waals surface area contributed by atoms with Crippen LogP contribution in [0.3, 0.4) is 0 Å². The molecule has 0 radical (unpaired) electrons. The molecule has 1 aliphatic heterocycles. The Morgan fingerprint density at radius 1 is 1.05 bits per heavy atom. The lowest BCUT2D eigenvalue weighted by Crippen LogP contribution is -2.47. The molecule has 0 saturated carbocycles. The van der Waals surface area contributed by atoms with Gasteiger partial charge in [0.05, 0.1) is 6.10 Å². The van der Waals surface area contributed by atoms with Crippen LogP contribution in [0.2, 0.25) is 0 Å². The van der Waals surface area contributed by atoms with Gasteiger partial charge in [-0.2, -0.15) is 0 Å². The Labute approximate surface area is 129 Å². The van der Waals surface area contributed by atoms with Gasteiger partial charge in [0, 0.05) is 38.9 Å². The number of aliphatic hydroxyl groups excluding tert-OH is 1. The van der Waals surface area contributed by atoms with Gasteiger partial charge in [-0.1, -0.05) is 18.2 Å². The second kappa shape index (κ2) is 6.85. The quantitative estimate of drug-likeness (QED) is 0.938. The zero-order valence-electron chi connectivity index (χ0n) is 12.4. The lowest BCUT2D eigenvalue weighted by atomic mass is 10.1. The maximum absolute atomic E-state index is 12.9. The third-order valence-electron chi connectivity index (χ3n) is 4.03. The molecule has 22 heavy (non-hydrogen) atoms. The summed E-state index contributed by atoms with van der Waals surface area (Å²) in [6, 6.07) is 12.0. The highest BCUT2D eigenvalue weighted by Gasteiger charge is 2.20.